The molecular formula is C4H7AlO5. The van der Waals surface area contributed by atoms with Crippen LogP contribution in [0.25, 0.3) is 0 Å². The third-order valence-electron chi connectivity index (χ3n) is 0.820. The van der Waals surface area contributed by atoms with Gasteiger partial charge in [0.05, 0.1) is 0 Å². The van der Waals surface area contributed by atoms with Crippen molar-refractivity contribution in [2.45, 2.75) is 10.6 Å². The van der Waals surface area contributed by atoms with Crippen LogP contribution in [0.3, 0.4) is 0 Å². The SMILES string of the molecule is O=C(O)[CH2][Al]([OH])[CH2]C(=O)O. The molecule has 0 spiro atoms. The Hall–Kier alpha value is -0.568. The summed E-state index contributed by atoms with van der Waals surface area (Å²) >= 11 is -2.52. The summed E-state index contributed by atoms with van der Waals surface area (Å²) in [5, 5.41) is 15.4. The largest absolute Gasteiger partial charge is 0.515 e. The van der Waals surface area contributed by atoms with Gasteiger partial charge in [0.2, 0.25) is 0 Å². The average molecular weight is 162 g/mol. The average Bonchev–Trinajstić information content (AvgIpc) is 1.58. The van der Waals surface area contributed by atoms with Crippen LogP contribution in [0.1, 0.15) is 0 Å². The van der Waals surface area contributed by atoms with Gasteiger partial charge in [-0.1, -0.05) is 0 Å². The number of carbonyl (C=O) groups is 2. The van der Waals surface area contributed by atoms with E-state index in [9.17, 15) is 9.59 Å². The van der Waals surface area contributed by atoms with Crippen molar-refractivity contribution in [3.05, 3.63) is 0 Å². The lowest BCUT2D eigenvalue weighted by Gasteiger charge is -1.94. The fourth-order valence-electron chi connectivity index (χ4n) is 0.475. The highest BCUT2D eigenvalue weighted by Crippen LogP contribution is 1.94. The lowest BCUT2D eigenvalue weighted by atomic mass is 10.8. The Labute approximate surface area is 61.6 Å². The van der Waals surface area contributed by atoms with E-state index in [0.29, 0.717) is 0 Å². The minimum absolute atomic E-state index is 0.383. The quantitative estimate of drug-likeness (QED) is 0.467. The van der Waals surface area contributed by atoms with Gasteiger partial charge < -0.3 is 14.4 Å². The molecule has 0 aromatic rings. The normalized spacial score (nSPS) is 8.90. The van der Waals surface area contributed by atoms with E-state index < -0.39 is 26.4 Å². The Morgan fingerprint density at radius 3 is 1.60 bits per heavy atom. The molecule has 0 saturated carbocycles. The van der Waals surface area contributed by atoms with Gasteiger partial charge in [-0.25, -0.2) is 0 Å². The molecule has 0 rings (SSSR count). The Balaban J connectivity index is 3.53. The minimum Gasteiger partial charge on any atom is -0.515 e. The van der Waals surface area contributed by atoms with Gasteiger partial charge in [-0.2, -0.15) is 0 Å². The molecular weight excluding hydrogens is 155 g/mol. The molecule has 56 valence electrons. The highest BCUT2D eigenvalue weighted by molar-refractivity contribution is 6.57. The van der Waals surface area contributed by atoms with E-state index >= 15 is 0 Å². The molecule has 5 nitrogen and oxygen atoms in total. The third-order valence-corrected chi connectivity index (χ3v) is 2.46. The summed E-state index contributed by atoms with van der Waals surface area (Å²) in [7, 11) is 0. The van der Waals surface area contributed by atoms with Crippen molar-refractivity contribution < 1.29 is 24.0 Å². The topological polar surface area (TPSA) is 94.8 Å². The van der Waals surface area contributed by atoms with Gasteiger partial charge in [-0.15, -0.1) is 0 Å². The van der Waals surface area contributed by atoms with Crippen LogP contribution in [0.4, 0.5) is 0 Å². The van der Waals surface area contributed by atoms with Crippen LogP contribution in [0.5, 0.6) is 0 Å². The molecule has 0 fully saturated rings. The summed E-state index contributed by atoms with van der Waals surface area (Å²) < 4.78 is 8.77. The second-order valence-electron chi connectivity index (χ2n) is 1.85. The maximum absolute atomic E-state index is 9.87. The summed E-state index contributed by atoms with van der Waals surface area (Å²) in [5.74, 6) is -2.28. The molecule has 0 radical (unpaired) electrons. The molecule has 6 heteroatoms. The fraction of sp³-hybridized carbons (Fsp3) is 0.500. The molecule has 0 unspecified atom stereocenters. The van der Waals surface area contributed by atoms with Crippen LogP contribution in [-0.2, 0) is 9.59 Å². The molecule has 0 amide bonds. The predicted molar refractivity (Wildman–Crippen MR) is 32.9 cm³/mol. The van der Waals surface area contributed by atoms with Gasteiger partial charge in [0.1, 0.15) is 0 Å². The highest BCUT2D eigenvalue weighted by Gasteiger charge is 2.23. The molecule has 0 saturated heterocycles. The first-order valence-corrected chi connectivity index (χ1v) is 4.79. The maximum atomic E-state index is 9.87. The Bertz CT molecular complexity index is 129. The molecule has 0 aliphatic heterocycles. The van der Waals surface area contributed by atoms with E-state index in [-0.39, 0.29) is 10.6 Å². The Morgan fingerprint density at radius 1 is 1.10 bits per heavy atom. The number of aliphatic carboxylic acids is 2. The summed E-state index contributed by atoms with van der Waals surface area (Å²) in [4.78, 5) is 19.7. The number of rotatable bonds is 4. The van der Waals surface area contributed by atoms with Gasteiger partial charge in [0.15, 0.2) is 0 Å². The second kappa shape index (κ2) is 4.28. The summed E-state index contributed by atoms with van der Waals surface area (Å²) in [6.07, 6.45) is 0. The van der Waals surface area contributed by atoms with Gasteiger partial charge in [0.25, 0.3) is 11.9 Å². The van der Waals surface area contributed by atoms with Crippen molar-refractivity contribution in [1.82, 2.24) is 0 Å². The Kier molecular flexibility index (Phi) is 4.04. The van der Waals surface area contributed by atoms with Crippen molar-refractivity contribution in [2.75, 3.05) is 0 Å². The highest BCUT2D eigenvalue weighted by atomic mass is 27.2. The van der Waals surface area contributed by atoms with Crippen LogP contribution in [0.2, 0.25) is 10.6 Å². The van der Waals surface area contributed by atoms with Crippen molar-refractivity contribution in [1.29, 1.82) is 0 Å². The predicted octanol–water partition coefficient (Wildman–Crippen LogP) is -0.861. The number of carboxylic acids is 2. The fourth-order valence-corrected chi connectivity index (χ4v) is 1.43. The molecule has 0 aliphatic carbocycles. The smallest absolute Gasteiger partial charge is 0.481 e. The number of hydrogen-bond acceptors (Lipinski definition) is 3. The summed E-state index contributed by atoms with van der Waals surface area (Å²) in [5.41, 5.74) is 0. The minimum atomic E-state index is -2.52. The van der Waals surface area contributed by atoms with E-state index in [0.717, 1.165) is 0 Å². The van der Waals surface area contributed by atoms with Crippen LogP contribution in [0, 0.1) is 0 Å². The van der Waals surface area contributed by atoms with E-state index in [1.165, 1.54) is 0 Å². The standard InChI is InChI=1S/2C2H3O2.Al.H2O/c2*1-2(3)4;;/h2*1H2,(H,3,4);;1H2/q;;+1;/p-1. The van der Waals surface area contributed by atoms with Crippen LogP contribution in [0.15, 0.2) is 0 Å². The van der Waals surface area contributed by atoms with Crippen molar-refractivity contribution in [3.8, 4) is 0 Å². The van der Waals surface area contributed by atoms with Gasteiger partial charge >= 0.3 is 14.5 Å². The van der Waals surface area contributed by atoms with Crippen molar-refractivity contribution >= 4 is 26.4 Å². The lowest BCUT2D eigenvalue weighted by Crippen LogP contribution is -2.20. The molecule has 3 N–H and O–H groups in total. The number of carboxylic acid groups (broad SMARTS) is 2. The maximum Gasteiger partial charge on any atom is 0.481 e. The zero-order valence-corrected chi connectivity index (χ0v) is 6.30. The van der Waals surface area contributed by atoms with Crippen molar-refractivity contribution in [2.24, 2.45) is 0 Å². The molecule has 0 atom stereocenters. The summed E-state index contributed by atoms with van der Waals surface area (Å²) in [6.45, 7) is 0. The molecule has 0 aliphatic rings. The monoisotopic (exact) mass is 162 g/mol. The first-order chi connectivity index (χ1) is 4.52. The van der Waals surface area contributed by atoms with E-state index in [4.69, 9.17) is 14.4 Å². The summed E-state index contributed by atoms with van der Waals surface area (Å²) in [6, 6.07) is 0. The lowest BCUT2D eigenvalue weighted by molar-refractivity contribution is -0.134. The Morgan fingerprint density at radius 2 is 1.40 bits per heavy atom. The molecule has 0 bridgehead atoms. The first kappa shape index (κ1) is 9.43. The van der Waals surface area contributed by atoms with E-state index in [1.54, 1.807) is 0 Å². The second-order valence-corrected chi connectivity index (χ2v) is 3.97. The first-order valence-electron chi connectivity index (χ1n) is 2.64. The van der Waals surface area contributed by atoms with Gasteiger partial charge in [-0.05, 0) is 0 Å². The zero-order valence-electron chi connectivity index (χ0n) is 5.15. The molecule has 10 heavy (non-hydrogen) atoms. The van der Waals surface area contributed by atoms with Gasteiger partial charge in [0, 0.05) is 10.6 Å². The van der Waals surface area contributed by atoms with E-state index in [2.05, 4.69) is 0 Å². The van der Waals surface area contributed by atoms with E-state index in [1.807, 2.05) is 0 Å². The third kappa shape index (κ3) is 5.57. The number of hydrogen-bond donors (Lipinski definition) is 3. The molecule has 0 heterocycles. The molecule has 0 aromatic heterocycles. The van der Waals surface area contributed by atoms with Crippen LogP contribution >= 0.6 is 0 Å². The van der Waals surface area contributed by atoms with Gasteiger partial charge in [-0.3, -0.25) is 9.59 Å². The van der Waals surface area contributed by atoms with Crippen LogP contribution in [-0.4, -0.2) is 40.8 Å². The van der Waals surface area contributed by atoms with Crippen molar-refractivity contribution in [3.63, 3.8) is 0 Å². The van der Waals surface area contributed by atoms with Crippen LogP contribution < -0.4 is 0 Å². The zero-order chi connectivity index (χ0) is 8.15. The molecule has 0 aromatic carbocycles.